The van der Waals surface area contributed by atoms with E-state index in [0.29, 0.717) is 0 Å². The van der Waals surface area contributed by atoms with Crippen molar-refractivity contribution in [2.45, 2.75) is 11.8 Å². The van der Waals surface area contributed by atoms with Crippen LogP contribution in [0.15, 0.2) is 23.1 Å². The van der Waals surface area contributed by atoms with Crippen LogP contribution in [0.5, 0.6) is 0 Å². The van der Waals surface area contributed by atoms with Crippen LogP contribution >= 0.6 is 23.4 Å². The Morgan fingerprint density at radius 3 is 3.20 bits per heavy atom. The van der Waals surface area contributed by atoms with Crippen molar-refractivity contribution in [3.05, 3.63) is 23.8 Å². The van der Waals surface area contributed by atoms with E-state index in [4.69, 9.17) is 11.6 Å². The van der Waals surface area contributed by atoms with Gasteiger partial charge in [0, 0.05) is 4.90 Å². The molecule has 1 heterocycles. The van der Waals surface area contributed by atoms with E-state index in [1.807, 2.05) is 24.1 Å². The van der Waals surface area contributed by atoms with Crippen LogP contribution in [0.25, 0.3) is 0 Å². The van der Waals surface area contributed by atoms with Gasteiger partial charge in [-0.3, -0.25) is 15.2 Å². The van der Waals surface area contributed by atoms with Crippen LogP contribution in [0.3, 0.4) is 0 Å². The second-order valence-electron chi connectivity index (χ2n) is 3.29. The highest BCUT2D eigenvalue weighted by molar-refractivity contribution is 7.99. The fourth-order valence-electron chi connectivity index (χ4n) is 1.56. The molecule has 0 fully saturated rings. The highest BCUT2D eigenvalue weighted by atomic mass is 35.5. The van der Waals surface area contributed by atoms with Gasteiger partial charge in [0.15, 0.2) is 0 Å². The molecule has 0 radical (unpaired) electrons. The van der Waals surface area contributed by atoms with Gasteiger partial charge in [0.1, 0.15) is 5.88 Å². The average molecular weight is 243 g/mol. The number of carbonyl (C=O) groups is 1. The number of para-hydroxylation sites is 1. The molecule has 1 amide bonds. The van der Waals surface area contributed by atoms with Crippen molar-refractivity contribution in [1.82, 2.24) is 5.43 Å². The summed E-state index contributed by atoms with van der Waals surface area (Å²) >= 11 is 7.16. The van der Waals surface area contributed by atoms with Gasteiger partial charge in [-0.2, -0.15) is 0 Å². The third-order valence-electron chi connectivity index (χ3n) is 2.20. The minimum atomic E-state index is -0.173. The molecule has 3 nitrogen and oxygen atoms in total. The number of aryl methyl sites for hydroxylation is 1. The molecule has 0 bridgehead atoms. The Morgan fingerprint density at radius 1 is 1.67 bits per heavy atom. The highest BCUT2D eigenvalue weighted by Crippen LogP contribution is 2.39. The second-order valence-corrected chi connectivity index (χ2v) is 4.55. The molecule has 0 saturated carbocycles. The maximum atomic E-state index is 11.2. The standard InChI is InChI=1S/C10H11ClN2OS/c1-7-3-2-4-8-10(7)13(6-15-8)12-9(14)5-11/h2-4H,5-6H2,1H3,(H,12,14). The maximum absolute atomic E-state index is 11.2. The normalized spacial score (nSPS) is 13.9. The fraction of sp³-hybridized carbons (Fsp3) is 0.300. The number of nitrogens with one attached hydrogen (secondary N) is 1. The first-order chi connectivity index (χ1) is 7.22. The Kier molecular flexibility index (Phi) is 3.07. The van der Waals surface area contributed by atoms with Crippen LogP contribution < -0.4 is 10.4 Å². The molecule has 2 rings (SSSR count). The van der Waals surface area contributed by atoms with Crippen molar-refractivity contribution < 1.29 is 4.79 Å². The van der Waals surface area contributed by atoms with Gasteiger partial charge in [-0.1, -0.05) is 12.1 Å². The predicted molar refractivity (Wildman–Crippen MR) is 63.2 cm³/mol. The van der Waals surface area contributed by atoms with Crippen LogP contribution in [0.4, 0.5) is 5.69 Å². The van der Waals surface area contributed by atoms with Crippen LogP contribution in [-0.4, -0.2) is 17.7 Å². The van der Waals surface area contributed by atoms with E-state index in [9.17, 15) is 4.79 Å². The van der Waals surface area contributed by atoms with E-state index in [2.05, 4.69) is 11.5 Å². The van der Waals surface area contributed by atoms with E-state index in [-0.39, 0.29) is 11.8 Å². The van der Waals surface area contributed by atoms with E-state index < -0.39 is 0 Å². The number of amides is 1. The summed E-state index contributed by atoms with van der Waals surface area (Å²) < 4.78 is 0. The van der Waals surface area contributed by atoms with Crippen molar-refractivity contribution in [3.63, 3.8) is 0 Å². The van der Waals surface area contributed by atoms with Crippen molar-refractivity contribution in [2.24, 2.45) is 0 Å². The lowest BCUT2D eigenvalue weighted by Crippen LogP contribution is -2.41. The zero-order chi connectivity index (χ0) is 10.8. The van der Waals surface area contributed by atoms with Gasteiger partial charge in [0.2, 0.25) is 0 Å². The summed E-state index contributed by atoms with van der Waals surface area (Å²) in [7, 11) is 0. The number of hydrogen-bond donors (Lipinski definition) is 1. The predicted octanol–water partition coefficient (Wildman–Crippen LogP) is 2.13. The summed E-state index contributed by atoms with van der Waals surface area (Å²) in [6, 6.07) is 6.11. The Morgan fingerprint density at radius 2 is 2.47 bits per heavy atom. The number of halogens is 1. The smallest absolute Gasteiger partial charge is 0.253 e. The molecule has 0 saturated heterocycles. The van der Waals surface area contributed by atoms with Crippen molar-refractivity contribution in [3.8, 4) is 0 Å². The summed E-state index contributed by atoms with van der Waals surface area (Å²) in [6.45, 7) is 2.03. The molecule has 0 aromatic heterocycles. The summed E-state index contributed by atoms with van der Waals surface area (Å²) in [5.74, 6) is 0.555. The molecule has 1 aromatic carbocycles. The highest BCUT2D eigenvalue weighted by Gasteiger charge is 2.22. The van der Waals surface area contributed by atoms with Gasteiger partial charge in [0.25, 0.3) is 5.91 Å². The lowest BCUT2D eigenvalue weighted by molar-refractivity contribution is -0.118. The Bertz CT molecular complexity index is 397. The lowest BCUT2D eigenvalue weighted by atomic mass is 10.2. The van der Waals surface area contributed by atoms with Crippen LogP contribution in [0.2, 0.25) is 0 Å². The van der Waals surface area contributed by atoms with E-state index in [1.165, 1.54) is 4.90 Å². The van der Waals surface area contributed by atoms with E-state index in [0.717, 1.165) is 17.1 Å². The number of hydrogen-bond acceptors (Lipinski definition) is 3. The second kappa shape index (κ2) is 4.33. The Balaban J connectivity index is 2.24. The minimum Gasteiger partial charge on any atom is -0.274 e. The number of nitrogens with zero attached hydrogens (tertiary/aromatic N) is 1. The molecule has 5 heteroatoms. The van der Waals surface area contributed by atoms with Gasteiger partial charge >= 0.3 is 0 Å². The third kappa shape index (κ3) is 2.06. The quantitative estimate of drug-likeness (QED) is 0.807. The molecule has 0 unspecified atom stereocenters. The molecule has 1 aliphatic rings. The largest absolute Gasteiger partial charge is 0.274 e. The zero-order valence-electron chi connectivity index (χ0n) is 8.29. The van der Waals surface area contributed by atoms with Crippen molar-refractivity contribution in [2.75, 3.05) is 16.8 Å². The minimum absolute atomic E-state index is 0.0115. The molecule has 1 aromatic rings. The van der Waals surface area contributed by atoms with Crippen LogP contribution in [0, 0.1) is 6.92 Å². The number of fused-ring (bicyclic) bond motifs is 1. The topological polar surface area (TPSA) is 32.3 Å². The van der Waals surface area contributed by atoms with Gasteiger partial charge in [-0.25, -0.2) is 0 Å². The SMILES string of the molecule is Cc1cccc2c1N(NC(=O)CCl)CS2. The number of hydrazine groups is 1. The van der Waals surface area contributed by atoms with Crippen molar-refractivity contribution in [1.29, 1.82) is 0 Å². The molecule has 1 aliphatic heterocycles. The summed E-state index contributed by atoms with van der Waals surface area (Å²) in [5.41, 5.74) is 5.01. The monoisotopic (exact) mass is 242 g/mol. The Hall–Kier alpha value is -0.870. The molecule has 15 heavy (non-hydrogen) atoms. The molecule has 0 atom stereocenters. The molecule has 0 aliphatic carbocycles. The third-order valence-corrected chi connectivity index (χ3v) is 3.47. The molecule has 80 valence electrons. The molecular formula is C10H11ClN2OS. The molecular weight excluding hydrogens is 232 g/mol. The van der Waals surface area contributed by atoms with Crippen LogP contribution in [0.1, 0.15) is 5.56 Å². The first-order valence-electron chi connectivity index (χ1n) is 4.58. The Labute approximate surface area is 97.8 Å². The van der Waals surface area contributed by atoms with Gasteiger partial charge in [-0.05, 0) is 18.6 Å². The first kappa shape index (κ1) is 10.6. The van der Waals surface area contributed by atoms with Gasteiger partial charge in [0.05, 0.1) is 11.6 Å². The zero-order valence-corrected chi connectivity index (χ0v) is 9.86. The molecule has 0 spiro atoms. The van der Waals surface area contributed by atoms with Crippen molar-refractivity contribution >= 4 is 35.0 Å². The van der Waals surface area contributed by atoms with Gasteiger partial charge in [-0.15, -0.1) is 23.4 Å². The summed E-state index contributed by atoms with van der Waals surface area (Å²) in [6.07, 6.45) is 0. The number of carbonyl (C=O) groups excluding carboxylic acids is 1. The summed E-state index contributed by atoms with van der Waals surface area (Å²) in [4.78, 5) is 12.4. The van der Waals surface area contributed by atoms with Gasteiger partial charge < -0.3 is 0 Å². The number of benzene rings is 1. The number of anilines is 1. The average Bonchev–Trinajstić information content (AvgIpc) is 2.63. The van der Waals surface area contributed by atoms with E-state index >= 15 is 0 Å². The number of thioether (sulfide) groups is 1. The molecule has 1 N–H and O–H groups in total. The maximum Gasteiger partial charge on any atom is 0.253 e. The lowest BCUT2D eigenvalue weighted by Gasteiger charge is -2.20. The summed E-state index contributed by atoms with van der Waals surface area (Å²) in [5, 5.41) is 1.85. The number of alkyl halides is 1. The number of rotatable bonds is 2. The van der Waals surface area contributed by atoms with Crippen LogP contribution in [-0.2, 0) is 4.79 Å². The first-order valence-corrected chi connectivity index (χ1v) is 6.10. The van der Waals surface area contributed by atoms with E-state index in [1.54, 1.807) is 11.8 Å². The fourth-order valence-corrected chi connectivity index (χ4v) is 2.67.